The zero-order valence-corrected chi connectivity index (χ0v) is 6.77. The summed E-state index contributed by atoms with van der Waals surface area (Å²) in [5.41, 5.74) is 5.62. The monoisotopic (exact) mass is 194 g/mol. The van der Waals surface area contributed by atoms with Gasteiger partial charge in [0, 0.05) is 13.0 Å². The van der Waals surface area contributed by atoms with E-state index >= 15 is 0 Å². The predicted octanol–water partition coefficient (Wildman–Crippen LogP) is 1.63. The molecule has 0 saturated carbocycles. The first-order chi connectivity index (χ1) is 6.03. The van der Waals surface area contributed by atoms with Crippen LogP contribution in [0.3, 0.4) is 0 Å². The van der Waals surface area contributed by atoms with E-state index in [0.29, 0.717) is 5.69 Å². The Kier molecular flexibility index (Phi) is 2.92. The molecule has 1 heterocycles. The first-order valence-corrected chi connectivity index (χ1v) is 3.71. The Labute approximate surface area is 72.7 Å². The van der Waals surface area contributed by atoms with Crippen LogP contribution in [0.4, 0.5) is 13.2 Å². The van der Waals surface area contributed by atoms with Crippen molar-refractivity contribution in [2.75, 3.05) is 0 Å². The van der Waals surface area contributed by atoms with Crippen molar-refractivity contribution < 1.29 is 17.6 Å². The standard InChI is InChI=1S/C7H9F3N2O/c8-7(9,10)2-1-6-5(3-11)12-4-13-6/h4H,1-3,11H2. The van der Waals surface area contributed by atoms with Crippen LogP contribution in [0.25, 0.3) is 0 Å². The smallest absolute Gasteiger partial charge is 0.389 e. The van der Waals surface area contributed by atoms with Gasteiger partial charge in [-0.2, -0.15) is 13.2 Å². The number of halogens is 3. The van der Waals surface area contributed by atoms with Gasteiger partial charge in [0.15, 0.2) is 6.39 Å². The maximum absolute atomic E-state index is 11.8. The highest BCUT2D eigenvalue weighted by molar-refractivity contribution is 5.06. The Balaban J connectivity index is 2.54. The molecule has 0 aliphatic heterocycles. The molecule has 0 amide bonds. The van der Waals surface area contributed by atoms with Gasteiger partial charge in [-0.25, -0.2) is 4.98 Å². The molecule has 1 aromatic rings. The first-order valence-electron chi connectivity index (χ1n) is 3.71. The van der Waals surface area contributed by atoms with Crippen molar-refractivity contribution in [3.05, 3.63) is 17.8 Å². The van der Waals surface area contributed by atoms with Crippen molar-refractivity contribution in [2.24, 2.45) is 5.73 Å². The van der Waals surface area contributed by atoms with E-state index in [-0.39, 0.29) is 18.7 Å². The number of nitrogens with two attached hydrogens (primary N) is 1. The topological polar surface area (TPSA) is 52.0 Å². The summed E-state index contributed by atoms with van der Waals surface area (Å²) in [5.74, 6) is 0.222. The maximum atomic E-state index is 11.8. The molecule has 0 radical (unpaired) electrons. The van der Waals surface area contributed by atoms with Gasteiger partial charge >= 0.3 is 6.18 Å². The fraction of sp³-hybridized carbons (Fsp3) is 0.571. The van der Waals surface area contributed by atoms with Crippen molar-refractivity contribution >= 4 is 0 Å². The molecule has 0 saturated heterocycles. The lowest BCUT2D eigenvalue weighted by Crippen LogP contribution is -2.09. The highest BCUT2D eigenvalue weighted by Gasteiger charge is 2.27. The third-order valence-corrected chi connectivity index (χ3v) is 1.55. The second kappa shape index (κ2) is 3.78. The molecule has 6 heteroatoms. The minimum atomic E-state index is -4.17. The highest BCUT2D eigenvalue weighted by atomic mass is 19.4. The molecule has 0 fully saturated rings. The average molecular weight is 194 g/mol. The minimum Gasteiger partial charge on any atom is -0.448 e. The Morgan fingerprint density at radius 2 is 2.15 bits per heavy atom. The highest BCUT2D eigenvalue weighted by Crippen LogP contribution is 2.22. The van der Waals surface area contributed by atoms with Crippen LogP contribution in [0.2, 0.25) is 0 Å². The van der Waals surface area contributed by atoms with Crippen LogP contribution in [-0.4, -0.2) is 11.2 Å². The molecule has 74 valence electrons. The van der Waals surface area contributed by atoms with Gasteiger partial charge < -0.3 is 10.2 Å². The Morgan fingerprint density at radius 3 is 2.69 bits per heavy atom. The molecular weight excluding hydrogens is 185 g/mol. The summed E-state index contributed by atoms with van der Waals surface area (Å²) >= 11 is 0. The third-order valence-electron chi connectivity index (χ3n) is 1.55. The normalized spacial score (nSPS) is 12.0. The van der Waals surface area contributed by atoms with E-state index in [0.717, 1.165) is 6.39 Å². The van der Waals surface area contributed by atoms with Gasteiger partial charge in [-0.05, 0) is 0 Å². The molecule has 1 aromatic heterocycles. The summed E-state index contributed by atoms with van der Waals surface area (Å²) in [7, 11) is 0. The second-order valence-corrected chi connectivity index (χ2v) is 2.54. The van der Waals surface area contributed by atoms with Crippen molar-refractivity contribution in [1.82, 2.24) is 4.98 Å². The van der Waals surface area contributed by atoms with Crippen molar-refractivity contribution in [1.29, 1.82) is 0 Å². The van der Waals surface area contributed by atoms with E-state index in [2.05, 4.69) is 4.98 Å². The van der Waals surface area contributed by atoms with Gasteiger partial charge in [0.2, 0.25) is 0 Å². The summed E-state index contributed by atoms with van der Waals surface area (Å²) in [4.78, 5) is 3.68. The molecule has 0 aliphatic carbocycles. The van der Waals surface area contributed by atoms with Gasteiger partial charge in [-0.3, -0.25) is 0 Å². The molecular formula is C7H9F3N2O. The number of rotatable bonds is 3. The van der Waals surface area contributed by atoms with Crippen molar-refractivity contribution in [3.63, 3.8) is 0 Å². The quantitative estimate of drug-likeness (QED) is 0.795. The molecule has 0 aromatic carbocycles. The number of alkyl halides is 3. The minimum absolute atomic E-state index is 0.101. The number of aryl methyl sites for hydroxylation is 1. The van der Waals surface area contributed by atoms with Crippen molar-refractivity contribution in [3.8, 4) is 0 Å². The molecule has 2 N–H and O–H groups in total. The largest absolute Gasteiger partial charge is 0.448 e. The van der Waals surface area contributed by atoms with Crippen LogP contribution in [0.15, 0.2) is 10.8 Å². The number of oxazole rings is 1. The lowest BCUT2D eigenvalue weighted by Gasteiger charge is -2.03. The lowest BCUT2D eigenvalue weighted by atomic mass is 10.2. The molecule has 1 rings (SSSR count). The molecule has 0 unspecified atom stereocenters. The summed E-state index contributed by atoms with van der Waals surface area (Å²) < 4.78 is 40.1. The Hall–Kier alpha value is -1.04. The molecule has 0 spiro atoms. The van der Waals surface area contributed by atoms with E-state index in [1.165, 1.54) is 0 Å². The molecule has 0 aliphatic rings. The third kappa shape index (κ3) is 3.06. The van der Waals surface area contributed by atoms with E-state index in [4.69, 9.17) is 10.2 Å². The predicted molar refractivity (Wildman–Crippen MR) is 38.8 cm³/mol. The van der Waals surface area contributed by atoms with Gasteiger partial charge in [-0.1, -0.05) is 0 Å². The van der Waals surface area contributed by atoms with Gasteiger partial charge in [0.25, 0.3) is 0 Å². The molecule has 13 heavy (non-hydrogen) atoms. The Bertz CT molecular complexity index is 269. The lowest BCUT2D eigenvalue weighted by molar-refractivity contribution is -0.134. The van der Waals surface area contributed by atoms with Gasteiger partial charge in [0.1, 0.15) is 5.76 Å². The molecule has 0 atom stereocenters. The molecule has 0 bridgehead atoms. The summed E-state index contributed by atoms with van der Waals surface area (Å²) in [5, 5.41) is 0. The maximum Gasteiger partial charge on any atom is 0.389 e. The number of hydrogen-bond donors (Lipinski definition) is 1. The van der Waals surface area contributed by atoms with Crippen LogP contribution >= 0.6 is 0 Å². The SMILES string of the molecule is NCc1ncoc1CCC(F)(F)F. The van der Waals surface area contributed by atoms with Crippen LogP contribution in [0, 0.1) is 0 Å². The average Bonchev–Trinajstić information content (AvgIpc) is 2.46. The second-order valence-electron chi connectivity index (χ2n) is 2.54. The number of hydrogen-bond acceptors (Lipinski definition) is 3. The zero-order valence-electron chi connectivity index (χ0n) is 6.77. The van der Waals surface area contributed by atoms with Gasteiger partial charge in [-0.15, -0.1) is 0 Å². The molecule has 3 nitrogen and oxygen atoms in total. The van der Waals surface area contributed by atoms with E-state index in [9.17, 15) is 13.2 Å². The Morgan fingerprint density at radius 1 is 1.46 bits per heavy atom. The first kappa shape index (κ1) is 10.0. The summed E-state index contributed by atoms with van der Waals surface area (Å²) in [6.07, 6.45) is -4.17. The van der Waals surface area contributed by atoms with E-state index in [1.807, 2.05) is 0 Å². The zero-order chi connectivity index (χ0) is 9.90. The van der Waals surface area contributed by atoms with Crippen LogP contribution in [0.1, 0.15) is 17.9 Å². The fourth-order valence-electron chi connectivity index (χ4n) is 0.919. The van der Waals surface area contributed by atoms with Crippen molar-refractivity contribution in [2.45, 2.75) is 25.6 Å². The summed E-state index contributed by atoms with van der Waals surface area (Å²) in [6, 6.07) is 0. The number of aromatic nitrogens is 1. The van der Waals surface area contributed by atoms with Crippen LogP contribution in [0.5, 0.6) is 0 Å². The van der Waals surface area contributed by atoms with Crippen LogP contribution in [-0.2, 0) is 13.0 Å². The van der Waals surface area contributed by atoms with Crippen LogP contribution < -0.4 is 5.73 Å². The summed E-state index contributed by atoms with van der Waals surface area (Å²) in [6.45, 7) is 0.101. The van der Waals surface area contributed by atoms with E-state index < -0.39 is 12.6 Å². The fourth-order valence-corrected chi connectivity index (χ4v) is 0.919. The van der Waals surface area contributed by atoms with E-state index in [1.54, 1.807) is 0 Å². The number of nitrogens with zero attached hydrogens (tertiary/aromatic N) is 1. The van der Waals surface area contributed by atoms with Gasteiger partial charge in [0.05, 0.1) is 12.1 Å².